The van der Waals surface area contributed by atoms with Crippen molar-refractivity contribution in [3.8, 4) is 0 Å². The van der Waals surface area contributed by atoms with Crippen molar-refractivity contribution in [2.75, 3.05) is 33.7 Å². The summed E-state index contributed by atoms with van der Waals surface area (Å²) in [5, 5.41) is 9.50. The molecule has 0 spiro atoms. The summed E-state index contributed by atoms with van der Waals surface area (Å²) in [4.78, 5) is 29.8. The number of hydrogen-bond donors (Lipinski definition) is 1. The van der Waals surface area contributed by atoms with Crippen molar-refractivity contribution in [3.05, 3.63) is 0 Å². The van der Waals surface area contributed by atoms with Crippen LogP contribution in [-0.4, -0.2) is 77.1 Å². The average molecular weight is 297 g/mol. The Hall–Kier alpha value is -1.30. The van der Waals surface area contributed by atoms with Gasteiger partial charge in [0.1, 0.15) is 5.54 Å². The first kappa shape index (κ1) is 16.1. The molecule has 0 aromatic carbocycles. The van der Waals surface area contributed by atoms with Gasteiger partial charge in [0, 0.05) is 26.2 Å². The zero-order valence-electron chi connectivity index (χ0n) is 13.3. The number of carbonyl (C=O) groups excluding carboxylic acids is 1. The Morgan fingerprint density at radius 3 is 2.57 bits per heavy atom. The van der Waals surface area contributed by atoms with Gasteiger partial charge >= 0.3 is 12.0 Å². The third-order valence-corrected chi connectivity index (χ3v) is 5.07. The topological polar surface area (TPSA) is 64.1 Å². The van der Waals surface area contributed by atoms with Crippen LogP contribution >= 0.6 is 0 Å². The van der Waals surface area contributed by atoms with Crippen LogP contribution in [0.1, 0.15) is 39.0 Å². The first-order chi connectivity index (χ1) is 9.86. The largest absolute Gasteiger partial charge is 0.480 e. The van der Waals surface area contributed by atoms with E-state index in [4.69, 9.17) is 0 Å². The molecule has 2 saturated heterocycles. The van der Waals surface area contributed by atoms with E-state index in [9.17, 15) is 14.7 Å². The van der Waals surface area contributed by atoms with Gasteiger partial charge in [0.25, 0.3) is 0 Å². The molecule has 2 atom stereocenters. The summed E-state index contributed by atoms with van der Waals surface area (Å²) in [5.74, 6) is -0.901. The van der Waals surface area contributed by atoms with Gasteiger partial charge in [-0.05, 0) is 52.6 Å². The van der Waals surface area contributed by atoms with Crippen molar-refractivity contribution >= 4 is 12.0 Å². The Kier molecular flexibility index (Phi) is 4.76. The van der Waals surface area contributed by atoms with Crippen molar-refractivity contribution in [3.63, 3.8) is 0 Å². The lowest BCUT2D eigenvalue weighted by atomic mass is 9.89. The first-order valence-corrected chi connectivity index (χ1v) is 7.82. The highest BCUT2D eigenvalue weighted by Gasteiger charge is 2.45. The molecule has 6 nitrogen and oxygen atoms in total. The highest BCUT2D eigenvalue weighted by molar-refractivity contribution is 5.86. The van der Waals surface area contributed by atoms with E-state index in [2.05, 4.69) is 11.9 Å². The SMILES string of the molecule is CN(CC1CCCN1C)C(=O)N1CCCCC1(C)C(=O)O. The zero-order chi connectivity index (χ0) is 15.6. The van der Waals surface area contributed by atoms with E-state index in [0.29, 0.717) is 25.6 Å². The number of carbonyl (C=O) groups is 2. The average Bonchev–Trinajstić information content (AvgIpc) is 2.84. The smallest absolute Gasteiger partial charge is 0.329 e. The predicted molar refractivity (Wildman–Crippen MR) is 80.3 cm³/mol. The Labute approximate surface area is 126 Å². The molecule has 2 amide bonds. The third kappa shape index (κ3) is 3.15. The van der Waals surface area contributed by atoms with E-state index in [-0.39, 0.29) is 6.03 Å². The molecule has 21 heavy (non-hydrogen) atoms. The van der Waals surface area contributed by atoms with Gasteiger partial charge < -0.3 is 19.8 Å². The van der Waals surface area contributed by atoms with E-state index >= 15 is 0 Å². The molecular weight excluding hydrogens is 270 g/mol. The van der Waals surface area contributed by atoms with Gasteiger partial charge in [-0.1, -0.05) is 0 Å². The number of carboxylic acid groups (broad SMARTS) is 1. The molecule has 0 aromatic heterocycles. The molecule has 6 heteroatoms. The summed E-state index contributed by atoms with van der Waals surface area (Å²) in [5.41, 5.74) is -1.06. The fraction of sp³-hybridized carbons (Fsp3) is 0.867. The lowest BCUT2D eigenvalue weighted by molar-refractivity contribution is -0.150. The number of carboxylic acids is 1. The number of likely N-dealkylation sites (N-methyl/N-ethyl adjacent to an activating group) is 2. The Bertz CT molecular complexity index is 415. The molecule has 0 aromatic rings. The van der Waals surface area contributed by atoms with Gasteiger partial charge in [-0.3, -0.25) is 0 Å². The summed E-state index contributed by atoms with van der Waals surface area (Å²) < 4.78 is 0. The van der Waals surface area contributed by atoms with Crippen LogP contribution < -0.4 is 0 Å². The summed E-state index contributed by atoms with van der Waals surface area (Å²) in [6.45, 7) is 3.94. The molecule has 0 radical (unpaired) electrons. The third-order valence-electron chi connectivity index (χ3n) is 5.07. The lowest BCUT2D eigenvalue weighted by Gasteiger charge is -2.43. The normalized spacial score (nSPS) is 30.4. The summed E-state index contributed by atoms with van der Waals surface area (Å²) >= 11 is 0. The van der Waals surface area contributed by atoms with Crippen molar-refractivity contribution < 1.29 is 14.7 Å². The van der Waals surface area contributed by atoms with Gasteiger partial charge in [0.05, 0.1) is 0 Å². The first-order valence-electron chi connectivity index (χ1n) is 7.82. The second-order valence-electron chi connectivity index (χ2n) is 6.63. The number of urea groups is 1. The number of piperidine rings is 1. The van der Waals surface area contributed by atoms with Gasteiger partial charge in [0.15, 0.2) is 0 Å². The zero-order valence-corrected chi connectivity index (χ0v) is 13.3. The number of amides is 2. The molecule has 1 N–H and O–H groups in total. The van der Waals surface area contributed by atoms with Crippen LogP contribution in [0.2, 0.25) is 0 Å². The lowest BCUT2D eigenvalue weighted by Crippen LogP contribution is -2.60. The van der Waals surface area contributed by atoms with Gasteiger partial charge in [-0.15, -0.1) is 0 Å². The Morgan fingerprint density at radius 1 is 1.29 bits per heavy atom. The standard InChI is InChI=1S/C15H27N3O3/c1-15(13(19)20)8-4-5-10-18(15)14(21)17(3)11-12-7-6-9-16(12)2/h12H,4-11H2,1-3H3,(H,19,20). The minimum Gasteiger partial charge on any atom is -0.480 e. The van der Waals surface area contributed by atoms with E-state index in [1.807, 2.05) is 0 Å². The van der Waals surface area contributed by atoms with E-state index in [0.717, 1.165) is 25.8 Å². The number of rotatable bonds is 3. The maximum absolute atomic E-state index is 12.7. The van der Waals surface area contributed by atoms with E-state index in [1.54, 1.807) is 23.8 Å². The minimum atomic E-state index is -1.06. The molecule has 0 saturated carbocycles. The summed E-state index contributed by atoms with van der Waals surface area (Å²) in [6.07, 6.45) is 4.54. The van der Waals surface area contributed by atoms with Crippen LogP contribution in [0.3, 0.4) is 0 Å². The van der Waals surface area contributed by atoms with Gasteiger partial charge in [-0.2, -0.15) is 0 Å². The van der Waals surface area contributed by atoms with Crippen molar-refractivity contribution in [2.45, 2.75) is 50.6 Å². The molecule has 2 fully saturated rings. The van der Waals surface area contributed by atoms with Crippen molar-refractivity contribution in [1.82, 2.24) is 14.7 Å². The molecule has 2 aliphatic heterocycles. The molecule has 120 valence electrons. The highest BCUT2D eigenvalue weighted by atomic mass is 16.4. The highest BCUT2D eigenvalue weighted by Crippen LogP contribution is 2.29. The Balaban J connectivity index is 2.04. The second-order valence-corrected chi connectivity index (χ2v) is 6.63. The van der Waals surface area contributed by atoms with Gasteiger partial charge in [-0.25, -0.2) is 9.59 Å². The summed E-state index contributed by atoms with van der Waals surface area (Å²) in [7, 11) is 3.86. The fourth-order valence-electron chi connectivity index (χ4n) is 3.46. The van der Waals surface area contributed by atoms with Crippen LogP contribution in [0.5, 0.6) is 0 Å². The van der Waals surface area contributed by atoms with Crippen LogP contribution in [0.25, 0.3) is 0 Å². The molecule has 0 aliphatic carbocycles. The van der Waals surface area contributed by atoms with Crippen LogP contribution in [0.15, 0.2) is 0 Å². The molecule has 0 bridgehead atoms. The Morgan fingerprint density at radius 2 is 2.00 bits per heavy atom. The number of hydrogen-bond acceptors (Lipinski definition) is 3. The number of aliphatic carboxylic acids is 1. The second kappa shape index (κ2) is 6.22. The number of likely N-dealkylation sites (tertiary alicyclic amines) is 2. The van der Waals surface area contributed by atoms with Crippen molar-refractivity contribution in [2.24, 2.45) is 0 Å². The van der Waals surface area contributed by atoms with Crippen LogP contribution in [0, 0.1) is 0 Å². The molecule has 2 heterocycles. The minimum absolute atomic E-state index is 0.153. The van der Waals surface area contributed by atoms with Crippen LogP contribution in [-0.2, 0) is 4.79 Å². The van der Waals surface area contributed by atoms with Crippen molar-refractivity contribution in [1.29, 1.82) is 0 Å². The van der Waals surface area contributed by atoms with E-state index < -0.39 is 11.5 Å². The molecule has 2 rings (SSSR count). The number of nitrogens with zero attached hydrogens (tertiary/aromatic N) is 3. The van der Waals surface area contributed by atoms with Crippen LogP contribution in [0.4, 0.5) is 4.79 Å². The molecule has 2 unspecified atom stereocenters. The molecular formula is C15H27N3O3. The maximum Gasteiger partial charge on any atom is 0.329 e. The molecule has 2 aliphatic rings. The van der Waals surface area contributed by atoms with E-state index in [1.165, 1.54) is 6.42 Å². The monoisotopic (exact) mass is 297 g/mol. The van der Waals surface area contributed by atoms with Gasteiger partial charge in [0.2, 0.25) is 0 Å². The maximum atomic E-state index is 12.7. The summed E-state index contributed by atoms with van der Waals surface area (Å²) in [6, 6.07) is 0.236. The fourth-order valence-corrected chi connectivity index (χ4v) is 3.46. The predicted octanol–water partition coefficient (Wildman–Crippen LogP) is 1.46. The quantitative estimate of drug-likeness (QED) is 0.856.